The molecule has 0 bridgehead atoms. The highest BCUT2D eigenvalue weighted by Crippen LogP contribution is 2.37. The molecule has 0 aliphatic heterocycles. The number of aliphatic hydroxyl groups excluding tert-OH is 1. The third kappa shape index (κ3) is 2.38. The number of aryl methyl sites for hydroxylation is 1. The maximum atomic E-state index is 10.0. The fraction of sp³-hybridized carbons (Fsp3) is 0.400. The Labute approximate surface area is 117 Å². The lowest BCUT2D eigenvalue weighted by atomic mass is 10.0. The summed E-state index contributed by atoms with van der Waals surface area (Å²) in [6.45, 7) is 0. The monoisotopic (exact) mass is 274 g/mol. The highest BCUT2D eigenvalue weighted by atomic mass is 32.1. The van der Waals surface area contributed by atoms with Crippen molar-refractivity contribution in [1.29, 1.82) is 0 Å². The minimum Gasteiger partial charge on any atom is -0.388 e. The minimum absolute atomic E-state index is 0.309. The summed E-state index contributed by atoms with van der Waals surface area (Å²) in [4.78, 5) is 7.84. The Morgan fingerprint density at radius 1 is 1.26 bits per heavy atom. The lowest BCUT2D eigenvalue weighted by Gasteiger charge is -2.14. The van der Waals surface area contributed by atoms with Crippen LogP contribution < -0.4 is 4.90 Å². The molecule has 100 valence electrons. The van der Waals surface area contributed by atoms with Crippen LogP contribution in [0.5, 0.6) is 0 Å². The maximum absolute atomic E-state index is 10.0. The van der Waals surface area contributed by atoms with E-state index < -0.39 is 0 Å². The van der Waals surface area contributed by atoms with Gasteiger partial charge in [0.1, 0.15) is 5.01 Å². The van der Waals surface area contributed by atoms with Gasteiger partial charge < -0.3 is 10.0 Å². The molecule has 2 aromatic rings. The Morgan fingerprint density at radius 3 is 2.63 bits per heavy atom. The SMILES string of the molecule is CN(C)c1ccc(-c2nc3c(s2)[C@@H](O)CCC3)cc1. The molecule has 1 aliphatic carbocycles. The molecule has 0 saturated heterocycles. The second kappa shape index (κ2) is 4.94. The van der Waals surface area contributed by atoms with E-state index in [1.165, 1.54) is 5.69 Å². The third-order valence-corrected chi connectivity index (χ3v) is 4.80. The number of hydrogen-bond acceptors (Lipinski definition) is 4. The number of rotatable bonds is 2. The Bertz CT molecular complexity index is 574. The van der Waals surface area contributed by atoms with E-state index in [2.05, 4.69) is 29.2 Å². The van der Waals surface area contributed by atoms with Gasteiger partial charge in [-0.25, -0.2) is 4.98 Å². The van der Waals surface area contributed by atoms with Crippen LogP contribution in [0, 0.1) is 0 Å². The molecule has 0 unspecified atom stereocenters. The summed E-state index contributed by atoms with van der Waals surface area (Å²) in [5.74, 6) is 0. The van der Waals surface area contributed by atoms with E-state index in [1.54, 1.807) is 11.3 Å². The molecule has 1 aromatic carbocycles. The van der Waals surface area contributed by atoms with Crippen molar-refractivity contribution in [3.63, 3.8) is 0 Å². The van der Waals surface area contributed by atoms with Crippen LogP contribution in [-0.4, -0.2) is 24.2 Å². The number of aliphatic hydroxyl groups is 1. The molecule has 3 nitrogen and oxygen atoms in total. The first-order chi connectivity index (χ1) is 9.15. The lowest BCUT2D eigenvalue weighted by Crippen LogP contribution is -2.07. The zero-order valence-corrected chi connectivity index (χ0v) is 12.1. The summed E-state index contributed by atoms with van der Waals surface area (Å²) in [5.41, 5.74) is 3.41. The molecule has 3 rings (SSSR count). The summed E-state index contributed by atoms with van der Waals surface area (Å²) in [5, 5.41) is 11.0. The summed E-state index contributed by atoms with van der Waals surface area (Å²) in [6, 6.07) is 8.41. The zero-order valence-electron chi connectivity index (χ0n) is 11.3. The first kappa shape index (κ1) is 12.6. The molecule has 0 fully saturated rings. The van der Waals surface area contributed by atoms with E-state index in [0.717, 1.165) is 40.4 Å². The Hall–Kier alpha value is -1.39. The average Bonchev–Trinajstić information content (AvgIpc) is 2.84. The van der Waals surface area contributed by atoms with Gasteiger partial charge in [0.15, 0.2) is 0 Å². The lowest BCUT2D eigenvalue weighted by molar-refractivity contribution is 0.160. The van der Waals surface area contributed by atoms with E-state index in [9.17, 15) is 5.11 Å². The zero-order chi connectivity index (χ0) is 13.4. The van der Waals surface area contributed by atoms with Gasteiger partial charge in [-0.2, -0.15) is 0 Å². The van der Waals surface area contributed by atoms with Gasteiger partial charge in [0.2, 0.25) is 0 Å². The van der Waals surface area contributed by atoms with Gasteiger partial charge in [0.25, 0.3) is 0 Å². The van der Waals surface area contributed by atoms with Crippen LogP contribution >= 0.6 is 11.3 Å². The molecule has 1 N–H and O–H groups in total. The van der Waals surface area contributed by atoms with Crippen molar-refractivity contribution in [1.82, 2.24) is 4.98 Å². The van der Waals surface area contributed by atoms with Crippen LogP contribution in [0.15, 0.2) is 24.3 Å². The van der Waals surface area contributed by atoms with E-state index >= 15 is 0 Å². The highest BCUT2D eigenvalue weighted by Gasteiger charge is 2.22. The van der Waals surface area contributed by atoms with Crippen molar-refractivity contribution >= 4 is 17.0 Å². The first-order valence-corrected chi connectivity index (χ1v) is 7.42. The van der Waals surface area contributed by atoms with Crippen LogP contribution in [-0.2, 0) is 6.42 Å². The predicted octanol–water partition coefficient (Wildman–Crippen LogP) is 3.25. The smallest absolute Gasteiger partial charge is 0.123 e. The van der Waals surface area contributed by atoms with Crippen LogP contribution in [0.25, 0.3) is 10.6 Å². The number of benzene rings is 1. The second-order valence-electron chi connectivity index (χ2n) is 5.18. The molecular formula is C15H18N2OS. The molecular weight excluding hydrogens is 256 g/mol. The van der Waals surface area contributed by atoms with Crippen LogP contribution in [0.3, 0.4) is 0 Å². The molecule has 1 aliphatic rings. The van der Waals surface area contributed by atoms with Crippen LogP contribution in [0.4, 0.5) is 5.69 Å². The topological polar surface area (TPSA) is 36.4 Å². The van der Waals surface area contributed by atoms with Gasteiger partial charge >= 0.3 is 0 Å². The predicted molar refractivity (Wildman–Crippen MR) is 79.8 cm³/mol. The molecule has 0 radical (unpaired) electrons. The van der Waals surface area contributed by atoms with Crippen molar-refractivity contribution in [3.05, 3.63) is 34.8 Å². The quantitative estimate of drug-likeness (QED) is 0.913. The van der Waals surface area contributed by atoms with Gasteiger partial charge in [-0.15, -0.1) is 11.3 Å². The number of aromatic nitrogens is 1. The Balaban J connectivity index is 1.94. The van der Waals surface area contributed by atoms with Crippen molar-refractivity contribution in [2.45, 2.75) is 25.4 Å². The summed E-state index contributed by atoms with van der Waals surface area (Å²) in [6.07, 6.45) is 2.60. The van der Waals surface area contributed by atoms with E-state index in [0.29, 0.717) is 0 Å². The van der Waals surface area contributed by atoms with Crippen LogP contribution in [0.1, 0.15) is 29.5 Å². The molecule has 0 amide bonds. The molecule has 0 saturated carbocycles. The average molecular weight is 274 g/mol. The highest BCUT2D eigenvalue weighted by molar-refractivity contribution is 7.15. The summed E-state index contributed by atoms with van der Waals surface area (Å²) >= 11 is 1.64. The van der Waals surface area contributed by atoms with Gasteiger partial charge in [-0.05, 0) is 43.5 Å². The number of hydrogen-bond donors (Lipinski definition) is 1. The summed E-state index contributed by atoms with van der Waals surface area (Å²) in [7, 11) is 4.07. The fourth-order valence-electron chi connectivity index (χ4n) is 2.42. The van der Waals surface area contributed by atoms with Crippen LogP contribution in [0.2, 0.25) is 0 Å². The van der Waals surface area contributed by atoms with Gasteiger partial charge in [0.05, 0.1) is 16.7 Å². The maximum Gasteiger partial charge on any atom is 0.123 e. The molecule has 1 aromatic heterocycles. The van der Waals surface area contributed by atoms with Gasteiger partial charge in [-0.3, -0.25) is 0 Å². The molecule has 1 heterocycles. The number of fused-ring (bicyclic) bond motifs is 1. The molecule has 1 atom stereocenters. The minimum atomic E-state index is -0.309. The van der Waals surface area contributed by atoms with E-state index in [-0.39, 0.29) is 6.10 Å². The molecule has 0 spiro atoms. The first-order valence-electron chi connectivity index (χ1n) is 6.60. The normalized spacial score (nSPS) is 18.2. The Morgan fingerprint density at radius 2 is 2.00 bits per heavy atom. The number of thiazole rings is 1. The fourth-order valence-corrected chi connectivity index (χ4v) is 3.56. The Kier molecular flexibility index (Phi) is 3.29. The van der Waals surface area contributed by atoms with Crippen molar-refractivity contribution in [2.75, 3.05) is 19.0 Å². The number of nitrogens with zero attached hydrogens (tertiary/aromatic N) is 2. The van der Waals surface area contributed by atoms with Crippen molar-refractivity contribution < 1.29 is 5.11 Å². The standard InChI is InChI=1S/C15H18N2OS/c1-17(2)11-8-6-10(7-9-11)15-16-12-4-3-5-13(18)14(12)19-15/h6-9,13,18H,3-5H2,1-2H3/t13-/m0/s1. The van der Waals surface area contributed by atoms with Crippen molar-refractivity contribution in [3.8, 4) is 10.6 Å². The van der Waals surface area contributed by atoms with E-state index in [1.807, 2.05) is 14.1 Å². The molecule has 19 heavy (non-hydrogen) atoms. The van der Waals surface area contributed by atoms with E-state index in [4.69, 9.17) is 4.98 Å². The van der Waals surface area contributed by atoms with Gasteiger partial charge in [0, 0.05) is 25.3 Å². The second-order valence-corrected chi connectivity index (χ2v) is 6.21. The summed E-state index contributed by atoms with van der Waals surface area (Å²) < 4.78 is 0. The largest absolute Gasteiger partial charge is 0.388 e. The number of anilines is 1. The van der Waals surface area contributed by atoms with Crippen molar-refractivity contribution in [2.24, 2.45) is 0 Å². The molecule has 4 heteroatoms. The third-order valence-electron chi connectivity index (χ3n) is 3.55. The van der Waals surface area contributed by atoms with Gasteiger partial charge in [-0.1, -0.05) is 0 Å².